The van der Waals surface area contributed by atoms with Gasteiger partial charge in [-0.3, -0.25) is 0 Å². The maximum absolute atomic E-state index is 11.2. The van der Waals surface area contributed by atoms with Crippen LogP contribution in [0.2, 0.25) is 0 Å². The van der Waals surface area contributed by atoms with Crippen LogP contribution in [0.15, 0.2) is 30.6 Å². The molecular formula is C14H17N3O2. The van der Waals surface area contributed by atoms with Crippen molar-refractivity contribution in [3.8, 4) is 0 Å². The zero-order chi connectivity index (χ0) is 13.8. The number of nitrogens with one attached hydrogen (secondary N) is 1. The quantitative estimate of drug-likeness (QED) is 0.862. The molecule has 0 amide bonds. The number of carboxylic acid groups (broad SMARTS) is 1. The first kappa shape index (κ1) is 13.1. The molecule has 2 aromatic rings. The molecule has 2 rings (SSSR count). The Hall–Kier alpha value is -2.30. The zero-order valence-corrected chi connectivity index (χ0v) is 11.1. The summed E-state index contributed by atoms with van der Waals surface area (Å²) in [6, 6.07) is 5.37. The average molecular weight is 259 g/mol. The Morgan fingerprint density at radius 1 is 1.47 bits per heavy atom. The predicted molar refractivity (Wildman–Crippen MR) is 73.5 cm³/mol. The van der Waals surface area contributed by atoms with Gasteiger partial charge in [0.25, 0.3) is 0 Å². The molecule has 0 aliphatic rings. The first-order valence-electron chi connectivity index (χ1n) is 6.12. The Labute approximate surface area is 111 Å². The van der Waals surface area contributed by atoms with Gasteiger partial charge in [-0.05, 0) is 19.1 Å². The molecule has 0 bridgehead atoms. The molecule has 0 atom stereocenters. The summed E-state index contributed by atoms with van der Waals surface area (Å²) in [5, 5.41) is 12.3. The number of aromatic nitrogens is 2. The van der Waals surface area contributed by atoms with Gasteiger partial charge in [-0.25, -0.2) is 9.78 Å². The third-order valence-electron chi connectivity index (χ3n) is 2.99. The second kappa shape index (κ2) is 5.56. The number of aromatic carboxylic acids is 1. The van der Waals surface area contributed by atoms with E-state index in [4.69, 9.17) is 5.11 Å². The molecule has 0 fully saturated rings. The molecule has 0 unspecified atom stereocenters. The van der Waals surface area contributed by atoms with Crippen molar-refractivity contribution in [1.29, 1.82) is 0 Å². The lowest BCUT2D eigenvalue weighted by Crippen LogP contribution is -2.11. The maximum Gasteiger partial charge on any atom is 0.337 e. The van der Waals surface area contributed by atoms with Crippen LogP contribution in [0.5, 0.6) is 0 Å². The van der Waals surface area contributed by atoms with E-state index >= 15 is 0 Å². The van der Waals surface area contributed by atoms with E-state index in [0.717, 1.165) is 17.8 Å². The van der Waals surface area contributed by atoms with Gasteiger partial charge in [0.2, 0.25) is 0 Å². The molecule has 0 aliphatic heterocycles. The number of aryl methyl sites for hydroxylation is 2. The van der Waals surface area contributed by atoms with Crippen LogP contribution in [0.25, 0.3) is 0 Å². The largest absolute Gasteiger partial charge is 0.478 e. The van der Waals surface area contributed by atoms with Gasteiger partial charge in [-0.15, -0.1) is 0 Å². The summed E-state index contributed by atoms with van der Waals surface area (Å²) >= 11 is 0. The summed E-state index contributed by atoms with van der Waals surface area (Å²) < 4.78 is 1.95. The normalized spacial score (nSPS) is 10.4. The second-order valence-corrected chi connectivity index (χ2v) is 4.49. The van der Waals surface area contributed by atoms with Crippen molar-refractivity contribution < 1.29 is 9.90 Å². The van der Waals surface area contributed by atoms with E-state index in [2.05, 4.69) is 10.3 Å². The lowest BCUT2D eigenvalue weighted by atomic mass is 10.1. The van der Waals surface area contributed by atoms with Crippen LogP contribution < -0.4 is 5.32 Å². The highest BCUT2D eigenvalue weighted by Gasteiger charge is 2.09. The highest BCUT2D eigenvalue weighted by molar-refractivity contribution is 5.94. The molecule has 0 saturated heterocycles. The Bertz CT molecular complexity index is 590. The fourth-order valence-corrected chi connectivity index (χ4v) is 1.94. The van der Waals surface area contributed by atoms with Crippen LogP contribution in [0.3, 0.4) is 0 Å². The topological polar surface area (TPSA) is 67.2 Å². The third-order valence-corrected chi connectivity index (χ3v) is 2.99. The summed E-state index contributed by atoms with van der Waals surface area (Å²) in [7, 11) is 1.94. The van der Waals surface area contributed by atoms with Gasteiger partial charge in [0.15, 0.2) is 0 Å². The van der Waals surface area contributed by atoms with E-state index in [9.17, 15) is 4.79 Å². The van der Waals surface area contributed by atoms with Crippen molar-refractivity contribution in [2.24, 2.45) is 7.05 Å². The highest BCUT2D eigenvalue weighted by Crippen LogP contribution is 2.17. The van der Waals surface area contributed by atoms with Crippen molar-refractivity contribution in [3.63, 3.8) is 0 Å². The van der Waals surface area contributed by atoms with E-state index in [-0.39, 0.29) is 0 Å². The van der Waals surface area contributed by atoms with Crippen molar-refractivity contribution in [2.75, 3.05) is 11.9 Å². The molecule has 5 nitrogen and oxygen atoms in total. The minimum absolute atomic E-state index is 0.305. The number of hydrogen-bond acceptors (Lipinski definition) is 3. The van der Waals surface area contributed by atoms with E-state index in [1.807, 2.05) is 30.8 Å². The van der Waals surface area contributed by atoms with Gasteiger partial charge >= 0.3 is 5.97 Å². The molecule has 0 spiro atoms. The number of imidazole rings is 1. The molecular weight excluding hydrogens is 242 g/mol. The number of anilines is 1. The number of carboxylic acids is 1. The fourth-order valence-electron chi connectivity index (χ4n) is 1.94. The van der Waals surface area contributed by atoms with Gasteiger partial charge < -0.3 is 15.0 Å². The molecule has 0 aliphatic carbocycles. The van der Waals surface area contributed by atoms with Crippen LogP contribution in [0.4, 0.5) is 5.69 Å². The first-order valence-corrected chi connectivity index (χ1v) is 6.12. The van der Waals surface area contributed by atoms with Crippen LogP contribution in [-0.4, -0.2) is 27.2 Å². The van der Waals surface area contributed by atoms with Gasteiger partial charge in [0, 0.05) is 38.1 Å². The first-order chi connectivity index (χ1) is 9.08. The van der Waals surface area contributed by atoms with Crippen molar-refractivity contribution in [3.05, 3.63) is 47.5 Å². The van der Waals surface area contributed by atoms with Crippen LogP contribution in [0, 0.1) is 6.92 Å². The van der Waals surface area contributed by atoms with E-state index in [0.29, 0.717) is 17.8 Å². The van der Waals surface area contributed by atoms with E-state index in [1.165, 1.54) is 0 Å². The maximum atomic E-state index is 11.2. The Morgan fingerprint density at radius 2 is 2.26 bits per heavy atom. The van der Waals surface area contributed by atoms with Crippen molar-refractivity contribution in [2.45, 2.75) is 13.3 Å². The summed E-state index contributed by atoms with van der Waals surface area (Å²) in [5.74, 6) is 0.0553. The number of nitrogens with zero attached hydrogens (tertiary/aromatic N) is 2. The van der Waals surface area contributed by atoms with Gasteiger partial charge in [0.1, 0.15) is 5.82 Å². The van der Waals surface area contributed by atoms with Gasteiger partial charge in [-0.1, -0.05) is 11.6 Å². The number of carbonyl (C=O) groups is 1. The third kappa shape index (κ3) is 3.13. The van der Waals surface area contributed by atoms with Crippen molar-refractivity contribution >= 4 is 11.7 Å². The molecule has 5 heteroatoms. The minimum Gasteiger partial charge on any atom is -0.478 e. The molecule has 1 heterocycles. The molecule has 0 saturated carbocycles. The smallest absolute Gasteiger partial charge is 0.337 e. The van der Waals surface area contributed by atoms with E-state index < -0.39 is 5.97 Å². The number of benzene rings is 1. The van der Waals surface area contributed by atoms with Crippen LogP contribution in [0.1, 0.15) is 21.7 Å². The van der Waals surface area contributed by atoms with Crippen molar-refractivity contribution in [1.82, 2.24) is 9.55 Å². The average Bonchev–Trinajstić information content (AvgIpc) is 2.77. The van der Waals surface area contributed by atoms with Crippen LogP contribution in [-0.2, 0) is 13.5 Å². The Balaban J connectivity index is 2.03. The number of hydrogen-bond donors (Lipinski definition) is 2. The minimum atomic E-state index is -0.914. The Kier molecular flexibility index (Phi) is 3.85. The zero-order valence-electron chi connectivity index (χ0n) is 11.1. The fraction of sp³-hybridized carbons (Fsp3) is 0.286. The standard InChI is InChI=1S/C14H17N3O2/c1-10-3-4-12(11(9-10)14(18)19)15-6-5-13-16-7-8-17(13)2/h3-4,7-9,15H,5-6H2,1-2H3,(H,18,19). The predicted octanol–water partition coefficient (Wildman–Crippen LogP) is 2.08. The van der Waals surface area contributed by atoms with Gasteiger partial charge in [-0.2, -0.15) is 0 Å². The molecule has 1 aromatic carbocycles. The lowest BCUT2D eigenvalue weighted by molar-refractivity contribution is 0.0698. The summed E-state index contributed by atoms with van der Waals surface area (Å²) in [5.41, 5.74) is 1.89. The van der Waals surface area contributed by atoms with Gasteiger partial charge in [0.05, 0.1) is 5.56 Å². The highest BCUT2D eigenvalue weighted by atomic mass is 16.4. The van der Waals surface area contributed by atoms with Crippen LogP contribution >= 0.6 is 0 Å². The molecule has 1 aromatic heterocycles. The summed E-state index contributed by atoms with van der Waals surface area (Å²) in [4.78, 5) is 15.4. The Morgan fingerprint density at radius 3 is 2.89 bits per heavy atom. The second-order valence-electron chi connectivity index (χ2n) is 4.49. The molecule has 19 heavy (non-hydrogen) atoms. The molecule has 2 N–H and O–H groups in total. The molecule has 0 radical (unpaired) electrons. The monoisotopic (exact) mass is 259 g/mol. The SMILES string of the molecule is Cc1ccc(NCCc2nccn2C)c(C(=O)O)c1. The number of rotatable bonds is 5. The molecule has 100 valence electrons. The lowest BCUT2D eigenvalue weighted by Gasteiger charge is -2.10. The van der Waals surface area contributed by atoms with E-state index in [1.54, 1.807) is 18.3 Å². The summed E-state index contributed by atoms with van der Waals surface area (Å²) in [6.45, 7) is 2.53. The summed E-state index contributed by atoms with van der Waals surface area (Å²) in [6.07, 6.45) is 4.39.